The maximum Gasteiger partial charge on any atom is 0.144 e. The molecule has 0 N–H and O–H groups in total. The van der Waals surface area contributed by atoms with Crippen LogP contribution in [0.25, 0.3) is 22.4 Å². The average molecular weight is 237 g/mol. The van der Waals surface area contributed by atoms with Crippen molar-refractivity contribution >= 4 is 11.0 Å². The molecule has 0 aliphatic heterocycles. The normalized spacial score (nSPS) is 10.7. The van der Waals surface area contributed by atoms with Gasteiger partial charge >= 0.3 is 0 Å². The molecule has 1 aromatic carbocycles. The summed E-state index contributed by atoms with van der Waals surface area (Å²) in [6, 6.07) is 7.65. The monoisotopic (exact) mass is 237 g/mol. The molecule has 3 rings (SSSR count). The van der Waals surface area contributed by atoms with Crippen LogP contribution >= 0.6 is 0 Å². The smallest absolute Gasteiger partial charge is 0.144 e. The molecule has 3 aromatic rings. The zero-order chi connectivity index (χ0) is 12.7. The average Bonchev–Trinajstić information content (AvgIpc) is 2.93. The van der Waals surface area contributed by atoms with Gasteiger partial charge in [0.1, 0.15) is 5.82 Å². The van der Waals surface area contributed by atoms with Crippen LogP contribution < -0.4 is 0 Å². The number of imidazole rings is 1. The van der Waals surface area contributed by atoms with E-state index in [9.17, 15) is 0 Å². The molecule has 0 saturated heterocycles. The van der Waals surface area contributed by atoms with Gasteiger partial charge in [-0.15, -0.1) is 0 Å². The molecule has 5 heteroatoms. The number of nitrogens with zero attached hydrogens (tertiary/aromatic N) is 5. The molecule has 5 nitrogen and oxygen atoms in total. The highest BCUT2D eigenvalue weighted by molar-refractivity contribution is 5.81. The van der Waals surface area contributed by atoms with Crippen molar-refractivity contribution in [3.05, 3.63) is 36.2 Å². The van der Waals surface area contributed by atoms with Crippen molar-refractivity contribution in [2.24, 2.45) is 14.1 Å². The van der Waals surface area contributed by atoms with E-state index in [2.05, 4.69) is 16.2 Å². The Morgan fingerprint density at radius 3 is 2.78 bits per heavy atom. The van der Waals surface area contributed by atoms with Crippen LogP contribution in [0.15, 0.2) is 30.6 Å². The Labute approximate surface area is 104 Å². The van der Waals surface area contributed by atoms with Crippen LogP contribution in [-0.2, 0) is 14.1 Å². The molecule has 0 amide bonds. The SMILES string of the molecule is Cn1cc(-c2nc3cc(C#N)ccc3n2C)cn1. The second-order valence-electron chi connectivity index (χ2n) is 4.21. The molecule has 0 fully saturated rings. The molecule has 0 aliphatic carbocycles. The van der Waals surface area contributed by atoms with E-state index in [1.807, 2.05) is 30.9 Å². The van der Waals surface area contributed by atoms with Crippen molar-refractivity contribution in [2.75, 3.05) is 0 Å². The molecule has 88 valence electrons. The van der Waals surface area contributed by atoms with Gasteiger partial charge in [0.25, 0.3) is 0 Å². The highest BCUT2D eigenvalue weighted by atomic mass is 15.2. The summed E-state index contributed by atoms with van der Waals surface area (Å²) in [5, 5.41) is 13.0. The van der Waals surface area contributed by atoms with Crippen molar-refractivity contribution in [3.8, 4) is 17.5 Å². The van der Waals surface area contributed by atoms with Crippen LogP contribution in [0.1, 0.15) is 5.56 Å². The third-order valence-electron chi connectivity index (χ3n) is 2.97. The molecule has 0 saturated carbocycles. The summed E-state index contributed by atoms with van der Waals surface area (Å²) in [5.41, 5.74) is 3.43. The Bertz CT molecular complexity index is 772. The van der Waals surface area contributed by atoms with Crippen LogP contribution in [0, 0.1) is 11.3 Å². The Morgan fingerprint density at radius 2 is 2.11 bits per heavy atom. The second kappa shape index (κ2) is 3.70. The third-order valence-corrected chi connectivity index (χ3v) is 2.97. The first kappa shape index (κ1) is 10.5. The predicted octanol–water partition coefficient (Wildman–Crippen LogP) is 1.85. The molecule has 0 radical (unpaired) electrons. The minimum Gasteiger partial charge on any atom is -0.327 e. The summed E-state index contributed by atoms with van der Waals surface area (Å²) in [7, 11) is 3.84. The van der Waals surface area contributed by atoms with Crippen LogP contribution in [0.4, 0.5) is 0 Å². The highest BCUT2D eigenvalue weighted by Crippen LogP contribution is 2.23. The molecule has 0 unspecified atom stereocenters. The Hall–Kier alpha value is -2.61. The molecule has 0 bridgehead atoms. The maximum absolute atomic E-state index is 8.90. The highest BCUT2D eigenvalue weighted by Gasteiger charge is 2.11. The lowest BCUT2D eigenvalue weighted by Gasteiger charge is -1.98. The van der Waals surface area contributed by atoms with Gasteiger partial charge in [-0.2, -0.15) is 10.4 Å². The van der Waals surface area contributed by atoms with E-state index in [1.165, 1.54) is 0 Å². The molecule has 2 aromatic heterocycles. The van der Waals surface area contributed by atoms with E-state index in [-0.39, 0.29) is 0 Å². The fourth-order valence-electron chi connectivity index (χ4n) is 2.06. The lowest BCUT2D eigenvalue weighted by Crippen LogP contribution is -1.91. The summed E-state index contributed by atoms with van der Waals surface area (Å²) in [5.74, 6) is 0.855. The fourth-order valence-corrected chi connectivity index (χ4v) is 2.06. The number of benzene rings is 1. The van der Waals surface area contributed by atoms with E-state index in [0.29, 0.717) is 5.56 Å². The van der Waals surface area contributed by atoms with Gasteiger partial charge in [-0.05, 0) is 18.2 Å². The predicted molar refractivity (Wildman–Crippen MR) is 67.6 cm³/mol. The van der Waals surface area contributed by atoms with Crippen molar-refractivity contribution < 1.29 is 0 Å². The first-order valence-electron chi connectivity index (χ1n) is 5.54. The number of nitriles is 1. The largest absolute Gasteiger partial charge is 0.327 e. The molecule has 0 atom stereocenters. The number of rotatable bonds is 1. The minimum absolute atomic E-state index is 0.623. The minimum atomic E-state index is 0.623. The van der Waals surface area contributed by atoms with Crippen LogP contribution in [-0.4, -0.2) is 19.3 Å². The lowest BCUT2D eigenvalue weighted by atomic mass is 10.2. The van der Waals surface area contributed by atoms with Crippen molar-refractivity contribution in [1.82, 2.24) is 19.3 Å². The zero-order valence-electron chi connectivity index (χ0n) is 10.1. The van der Waals surface area contributed by atoms with Crippen LogP contribution in [0.5, 0.6) is 0 Å². The lowest BCUT2D eigenvalue weighted by molar-refractivity contribution is 0.768. The summed E-state index contributed by atoms with van der Waals surface area (Å²) < 4.78 is 3.75. The molecule has 18 heavy (non-hydrogen) atoms. The molecule has 0 aliphatic rings. The van der Waals surface area contributed by atoms with E-state index in [1.54, 1.807) is 23.0 Å². The van der Waals surface area contributed by atoms with Crippen LogP contribution in [0.3, 0.4) is 0 Å². The number of aryl methyl sites for hydroxylation is 2. The van der Waals surface area contributed by atoms with Gasteiger partial charge in [-0.1, -0.05) is 0 Å². The number of aromatic nitrogens is 4. The molecule has 0 spiro atoms. The number of hydrogen-bond donors (Lipinski definition) is 0. The maximum atomic E-state index is 8.90. The Balaban J connectivity index is 2.26. The summed E-state index contributed by atoms with van der Waals surface area (Å²) in [4.78, 5) is 4.56. The van der Waals surface area contributed by atoms with Gasteiger partial charge in [-0.25, -0.2) is 4.98 Å². The van der Waals surface area contributed by atoms with Crippen molar-refractivity contribution in [1.29, 1.82) is 5.26 Å². The molecular formula is C13H11N5. The first-order valence-corrected chi connectivity index (χ1v) is 5.54. The summed E-state index contributed by atoms with van der Waals surface area (Å²) >= 11 is 0. The van der Waals surface area contributed by atoms with E-state index in [4.69, 9.17) is 5.26 Å². The summed E-state index contributed by atoms with van der Waals surface area (Å²) in [6.07, 6.45) is 3.71. The van der Waals surface area contributed by atoms with Crippen LogP contribution in [0.2, 0.25) is 0 Å². The van der Waals surface area contributed by atoms with Gasteiger partial charge in [0.2, 0.25) is 0 Å². The Kier molecular flexibility index (Phi) is 2.17. The Morgan fingerprint density at radius 1 is 1.28 bits per heavy atom. The quantitative estimate of drug-likeness (QED) is 0.649. The van der Waals surface area contributed by atoms with Crippen molar-refractivity contribution in [3.63, 3.8) is 0 Å². The first-order chi connectivity index (χ1) is 8.69. The van der Waals surface area contributed by atoms with E-state index >= 15 is 0 Å². The number of fused-ring (bicyclic) bond motifs is 1. The van der Waals surface area contributed by atoms with Gasteiger partial charge in [0.15, 0.2) is 0 Å². The van der Waals surface area contributed by atoms with Gasteiger partial charge in [0, 0.05) is 20.3 Å². The van der Waals surface area contributed by atoms with E-state index in [0.717, 1.165) is 22.4 Å². The van der Waals surface area contributed by atoms with E-state index < -0.39 is 0 Å². The second-order valence-corrected chi connectivity index (χ2v) is 4.21. The molecular weight excluding hydrogens is 226 g/mol. The third kappa shape index (κ3) is 1.47. The fraction of sp³-hybridized carbons (Fsp3) is 0.154. The summed E-state index contributed by atoms with van der Waals surface area (Å²) in [6.45, 7) is 0. The van der Waals surface area contributed by atoms with Gasteiger partial charge in [-0.3, -0.25) is 4.68 Å². The van der Waals surface area contributed by atoms with Crippen molar-refractivity contribution in [2.45, 2.75) is 0 Å². The standard InChI is InChI=1S/C13H11N5/c1-17-8-10(7-15-17)13-16-11-5-9(6-14)3-4-12(11)18(13)2/h3-5,7-8H,1-2H3. The van der Waals surface area contributed by atoms with Gasteiger partial charge < -0.3 is 4.57 Å². The topological polar surface area (TPSA) is 59.4 Å². The molecule has 2 heterocycles. The zero-order valence-corrected chi connectivity index (χ0v) is 10.1. The number of hydrogen-bond acceptors (Lipinski definition) is 3. The van der Waals surface area contributed by atoms with Gasteiger partial charge in [0.05, 0.1) is 34.4 Å².